The first kappa shape index (κ1) is 24.1. The minimum Gasteiger partial charge on any atom is -0.481 e. The van der Waals surface area contributed by atoms with E-state index in [1.807, 2.05) is 48.5 Å². The van der Waals surface area contributed by atoms with Gasteiger partial charge in [-0.1, -0.05) is 48.5 Å². The molecular formula is C30H32N2O4. The molecule has 0 bridgehead atoms. The van der Waals surface area contributed by atoms with Crippen LogP contribution in [0.15, 0.2) is 72.8 Å². The molecule has 1 aliphatic carbocycles. The predicted octanol–water partition coefficient (Wildman–Crippen LogP) is 6.58. The van der Waals surface area contributed by atoms with Gasteiger partial charge in [-0.3, -0.25) is 9.69 Å². The Morgan fingerprint density at radius 2 is 1.56 bits per heavy atom. The third-order valence-electron chi connectivity index (χ3n) is 7.60. The Bertz CT molecular complexity index is 1220. The molecule has 3 aromatic rings. The number of amides is 2. The Balaban J connectivity index is 1.30. The van der Waals surface area contributed by atoms with Crippen LogP contribution in [-0.4, -0.2) is 28.8 Å². The smallest absolute Gasteiger partial charge is 0.326 e. The lowest BCUT2D eigenvalue weighted by Gasteiger charge is -2.32. The van der Waals surface area contributed by atoms with Gasteiger partial charge in [-0.2, -0.15) is 0 Å². The van der Waals surface area contributed by atoms with E-state index in [9.17, 15) is 14.7 Å². The van der Waals surface area contributed by atoms with Crippen LogP contribution in [0.1, 0.15) is 61.7 Å². The number of rotatable bonds is 5. The molecule has 3 aromatic carbocycles. The average Bonchev–Trinajstić information content (AvgIpc) is 2.89. The van der Waals surface area contributed by atoms with Gasteiger partial charge in [-0.15, -0.1) is 0 Å². The van der Waals surface area contributed by atoms with Gasteiger partial charge in [0, 0.05) is 24.2 Å². The summed E-state index contributed by atoms with van der Waals surface area (Å²) in [5.41, 5.74) is 5.62. The third kappa shape index (κ3) is 5.29. The largest absolute Gasteiger partial charge is 0.481 e. The highest BCUT2D eigenvalue weighted by Gasteiger charge is 2.28. The van der Waals surface area contributed by atoms with Crippen molar-refractivity contribution in [1.82, 2.24) is 0 Å². The van der Waals surface area contributed by atoms with Crippen LogP contribution in [0.3, 0.4) is 0 Å². The molecule has 1 heterocycles. The van der Waals surface area contributed by atoms with Crippen molar-refractivity contribution < 1.29 is 19.8 Å². The predicted molar refractivity (Wildman–Crippen MR) is 141 cm³/mol. The van der Waals surface area contributed by atoms with Gasteiger partial charge in [-0.05, 0) is 84.9 Å². The van der Waals surface area contributed by atoms with E-state index in [0.29, 0.717) is 24.8 Å². The fourth-order valence-corrected chi connectivity index (χ4v) is 5.59. The molecule has 0 spiro atoms. The Morgan fingerprint density at radius 1 is 0.861 bits per heavy atom. The molecule has 1 atom stereocenters. The van der Waals surface area contributed by atoms with E-state index in [1.54, 1.807) is 4.90 Å². The zero-order chi connectivity index (χ0) is 25.1. The molecule has 36 heavy (non-hydrogen) atoms. The minimum atomic E-state index is -0.696. The number of hydrogen-bond acceptors (Lipinski definition) is 3. The molecule has 5 rings (SSSR count). The highest BCUT2D eigenvalue weighted by molar-refractivity contribution is 6.02. The van der Waals surface area contributed by atoms with Gasteiger partial charge in [0.2, 0.25) is 0 Å². The molecule has 1 fully saturated rings. The van der Waals surface area contributed by atoms with Crippen LogP contribution in [0, 0.1) is 5.92 Å². The van der Waals surface area contributed by atoms with Crippen molar-refractivity contribution in [2.45, 2.75) is 50.5 Å². The summed E-state index contributed by atoms with van der Waals surface area (Å²) >= 11 is 0. The van der Waals surface area contributed by atoms with Crippen LogP contribution in [0.2, 0.25) is 0 Å². The SMILES string of the molecule is O=C(O)CC1CCC(c2ccc(-c3ccc4c(c3)C(O)CCN4C(=O)Nc3ccccc3)cc2)CC1. The maximum absolute atomic E-state index is 13.0. The number of aliphatic hydroxyl groups excluding tert-OH is 1. The van der Waals surface area contributed by atoms with Crippen molar-refractivity contribution in [2.75, 3.05) is 16.8 Å². The Kier molecular flexibility index (Phi) is 7.05. The average molecular weight is 485 g/mol. The first-order valence-electron chi connectivity index (χ1n) is 12.8. The van der Waals surface area contributed by atoms with E-state index in [2.05, 4.69) is 29.6 Å². The monoisotopic (exact) mass is 484 g/mol. The van der Waals surface area contributed by atoms with Gasteiger partial charge < -0.3 is 15.5 Å². The molecule has 1 unspecified atom stereocenters. The van der Waals surface area contributed by atoms with Crippen LogP contribution in [0.5, 0.6) is 0 Å². The number of anilines is 2. The molecule has 1 aliphatic heterocycles. The van der Waals surface area contributed by atoms with Gasteiger partial charge in [-0.25, -0.2) is 4.79 Å². The van der Waals surface area contributed by atoms with Gasteiger partial charge in [0.25, 0.3) is 0 Å². The van der Waals surface area contributed by atoms with E-state index in [1.165, 1.54) is 5.56 Å². The number of carboxylic acid groups (broad SMARTS) is 1. The quantitative estimate of drug-likeness (QED) is 0.382. The van der Waals surface area contributed by atoms with E-state index < -0.39 is 12.1 Å². The minimum absolute atomic E-state index is 0.204. The second-order valence-electron chi connectivity index (χ2n) is 9.96. The maximum Gasteiger partial charge on any atom is 0.326 e. The Labute approximate surface area is 211 Å². The summed E-state index contributed by atoms with van der Waals surface area (Å²) in [4.78, 5) is 25.6. The maximum atomic E-state index is 13.0. The second kappa shape index (κ2) is 10.5. The van der Waals surface area contributed by atoms with Crippen molar-refractivity contribution in [2.24, 2.45) is 5.92 Å². The topological polar surface area (TPSA) is 89.9 Å². The molecule has 2 aliphatic rings. The van der Waals surface area contributed by atoms with Crippen LogP contribution in [0.25, 0.3) is 11.1 Å². The van der Waals surface area contributed by atoms with Gasteiger partial charge >= 0.3 is 12.0 Å². The summed E-state index contributed by atoms with van der Waals surface area (Å²) < 4.78 is 0. The number of para-hydroxylation sites is 1. The number of urea groups is 1. The van der Waals surface area contributed by atoms with Crippen molar-refractivity contribution >= 4 is 23.4 Å². The number of carboxylic acids is 1. The normalized spacial score (nSPS) is 21.5. The van der Waals surface area contributed by atoms with Crippen LogP contribution in [0.4, 0.5) is 16.2 Å². The number of nitrogens with zero attached hydrogens (tertiary/aromatic N) is 1. The zero-order valence-corrected chi connectivity index (χ0v) is 20.3. The first-order valence-corrected chi connectivity index (χ1v) is 12.8. The molecule has 0 saturated heterocycles. The first-order chi connectivity index (χ1) is 17.5. The number of aliphatic hydroxyl groups is 1. The highest BCUT2D eigenvalue weighted by Crippen LogP contribution is 2.39. The van der Waals surface area contributed by atoms with E-state index in [0.717, 1.165) is 53.7 Å². The molecule has 3 N–H and O–H groups in total. The molecule has 6 heteroatoms. The van der Waals surface area contributed by atoms with Gasteiger partial charge in [0.05, 0.1) is 11.8 Å². The fourth-order valence-electron chi connectivity index (χ4n) is 5.59. The van der Waals surface area contributed by atoms with Crippen LogP contribution >= 0.6 is 0 Å². The number of nitrogens with one attached hydrogen (secondary N) is 1. The molecular weight excluding hydrogens is 452 g/mol. The lowest BCUT2D eigenvalue weighted by atomic mass is 9.77. The summed E-state index contributed by atoms with van der Waals surface area (Å²) in [7, 11) is 0. The standard InChI is InChI=1S/C30H32N2O4/c33-28-16-17-32(30(36)31-25-4-2-1-3-5-25)27-15-14-24(19-26(27)28)23-12-10-22(11-13-23)21-8-6-20(7-9-21)18-29(34)35/h1-5,10-15,19-21,28,33H,6-9,16-18H2,(H,31,36)(H,34,35). The number of fused-ring (bicyclic) bond motifs is 1. The summed E-state index contributed by atoms with van der Waals surface area (Å²) in [5, 5.41) is 22.7. The molecule has 186 valence electrons. The number of carbonyl (C=O) groups is 2. The zero-order valence-electron chi connectivity index (χ0n) is 20.3. The number of carbonyl (C=O) groups excluding carboxylic acids is 1. The van der Waals surface area contributed by atoms with Gasteiger partial charge in [0.15, 0.2) is 0 Å². The summed E-state index contributed by atoms with van der Waals surface area (Å²) in [6.07, 6.45) is 4.15. The third-order valence-corrected chi connectivity index (χ3v) is 7.60. The van der Waals surface area contributed by atoms with E-state index in [4.69, 9.17) is 5.11 Å². The van der Waals surface area contributed by atoms with Crippen molar-refractivity contribution in [1.29, 1.82) is 0 Å². The van der Waals surface area contributed by atoms with E-state index >= 15 is 0 Å². The summed E-state index contributed by atoms with van der Waals surface area (Å²) in [6.45, 7) is 0.454. The lowest BCUT2D eigenvalue weighted by molar-refractivity contribution is -0.138. The molecule has 2 amide bonds. The summed E-state index contributed by atoms with van der Waals surface area (Å²) in [6, 6.07) is 23.7. The lowest BCUT2D eigenvalue weighted by Crippen LogP contribution is -2.39. The molecule has 0 aromatic heterocycles. The van der Waals surface area contributed by atoms with Gasteiger partial charge in [0.1, 0.15) is 0 Å². The Hall–Kier alpha value is -3.64. The van der Waals surface area contributed by atoms with Crippen LogP contribution < -0.4 is 10.2 Å². The summed E-state index contributed by atoms with van der Waals surface area (Å²) in [5.74, 6) is 0.0818. The van der Waals surface area contributed by atoms with Crippen molar-refractivity contribution in [3.8, 4) is 11.1 Å². The molecule has 1 saturated carbocycles. The van der Waals surface area contributed by atoms with Crippen molar-refractivity contribution in [3.63, 3.8) is 0 Å². The fraction of sp³-hybridized carbons (Fsp3) is 0.333. The molecule has 6 nitrogen and oxygen atoms in total. The number of aliphatic carboxylic acids is 1. The highest BCUT2D eigenvalue weighted by atomic mass is 16.4. The van der Waals surface area contributed by atoms with Crippen LogP contribution in [-0.2, 0) is 4.79 Å². The molecule has 0 radical (unpaired) electrons. The van der Waals surface area contributed by atoms with E-state index in [-0.39, 0.29) is 12.5 Å². The number of hydrogen-bond donors (Lipinski definition) is 3. The number of benzene rings is 3. The van der Waals surface area contributed by atoms with Crippen molar-refractivity contribution in [3.05, 3.63) is 83.9 Å². The Morgan fingerprint density at radius 3 is 2.25 bits per heavy atom. The second-order valence-corrected chi connectivity index (χ2v) is 9.96.